The molecule has 0 bridgehead atoms. The SMILES string of the molecule is CC1CCCN(S(=O)(=O)N(CCCO)C2CCC2)C1. The summed E-state index contributed by atoms with van der Waals surface area (Å²) in [4.78, 5) is 0. The molecule has 2 aliphatic rings. The second-order valence-corrected chi connectivity index (χ2v) is 7.77. The third-order valence-corrected chi connectivity index (χ3v) is 6.32. The quantitative estimate of drug-likeness (QED) is 0.799. The summed E-state index contributed by atoms with van der Waals surface area (Å²) in [7, 11) is -3.33. The molecule has 1 saturated heterocycles. The Labute approximate surface area is 116 Å². The van der Waals surface area contributed by atoms with E-state index in [0.29, 0.717) is 32.0 Å². The van der Waals surface area contributed by atoms with Crippen LogP contribution in [-0.4, -0.2) is 54.4 Å². The summed E-state index contributed by atoms with van der Waals surface area (Å²) in [6.45, 7) is 3.91. The fourth-order valence-corrected chi connectivity index (χ4v) is 4.94. The number of rotatable bonds is 6. The topological polar surface area (TPSA) is 60.9 Å². The largest absolute Gasteiger partial charge is 0.396 e. The zero-order chi connectivity index (χ0) is 13.9. The van der Waals surface area contributed by atoms with Crippen LogP contribution in [-0.2, 0) is 10.2 Å². The highest BCUT2D eigenvalue weighted by atomic mass is 32.2. The lowest BCUT2D eigenvalue weighted by Gasteiger charge is -2.41. The summed E-state index contributed by atoms with van der Waals surface area (Å²) in [5.74, 6) is 0.449. The van der Waals surface area contributed by atoms with Crippen LogP contribution in [0.4, 0.5) is 0 Å². The standard InChI is InChI=1S/C13H26N2O3S/c1-12-5-3-8-14(11-12)19(17,18)15(9-4-10-16)13-6-2-7-13/h12-13,16H,2-11H2,1H3. The first-order chi connectivity index (χ1) is 9.05. The molecule has 0 amide bonds. The lowest BCUT2D eigenvalue weighted by atomic mass is 9.93. The summed E-state index contributed by atoms with van der Waals surface area (Å²) < 4.78 is 28.8. The van der Waals surface area contributed by atoms with Gasteiger partial charge >= 0.3 is 0 Å². The average Bonchev–Trinajstić information content (AvgIpc) is 2.31. The maximum atomic E-state index is 12.7. The molecule has 0 aromatic carbocycles. The van der Waals surface area contributed by atoms with E-state index in [1.807, 2.05) is 0 Å². The first-order valence-electron chi connectivity index (χ1n) is 7.43. The van der Waals surface area contributed by atoms with E-state index in [-0.39, 0.29) is 12.6 Å². The fraction of sp³-hybridized carbons (Fsp3) is 1.00. The van der Waals surface area contributed by atoms with Crippen LogP contribution in [0.3, 0.4) is 0 Å². The van der Waals surface area contributed by atoms with Gasteiger partial charge in [0.2, 0.25) is 0 Å². The number of piperidine rings is 1. The second kappa shape index (κ2) is 6.52. The third kappa shape index (κ3) is 3.48. The molecular weight excluding hydrogens is 264 g/mol. The van der Waals surface area contributed by atoms with E-state index < -0.39 is 10.2 Å². The van der Waals surface area contributed by atoms with Crippen LogP contribution < -0.4 is 0 Å². The Kier molecular flexibility index (Phi) is 5.22. The van der Waals surface area contributed by atoms with Crippen LogP contribution in [0.25, 0.3) is 0 Å². The lowest BCUT2D eigenvalue weighted by Crippen LogP contribution is -2.53. The molecule has 1 aliphatic carbocycles. The second-order valence-electron chi connectivity index (χ2n) is 5.89. The van der Waals surface area contributed by atoms with Gasteiger partial charge in [-0.3, -0.25) is 0 Å². The molecule has 0 spiro atoms. The predicted octanol–water partition coefficient (Wildman–Crippen LogP) is 1.20. The summed E-state index contributed by atoms with van der Waals surface area (Å²) in [6.07, 6.45) is 5.65. The van der Waals surface area contributed by atoms with E-state index in [1.54, 1.807) is 8.61 Å². The molecule has 2 fully saturated rings. The minimum Gasteiger partial charge on any atom is -0.396 e. The molecule has 0 aromatic rings. The van der Waals surface area contributed by atoms with Crippen molar-refractivity contribution in [3.63, 3.8) is 0 Å². The van der Waals surface area contributed by atoms with E-state index in [0.717, 1.165) is 32.1 Å². The Morgan fingerprint density at radius 3 is 2.53 bits per heavy atom. The molecule has 1 unspecified atom stereocenters. The highest BCUT2D eigenvalue weighted by molar-refractivity contribution is 7.86. The van der Waals surface area contributed by atoms with Gasteiger partial charge in [-0.15, -0.1) is 0 Å². The van der Waals surface area contributed by atoms with Gasteiger partial charge in [0.15, 0.2) is 0 Å². The molecule has 1 saturated carbocycles. The normalized spacial score (nSPS) is 26.6. The van der Waals surface area contributed by atoms with Crippen molar-refractivity contribution in [2.24, 2.45) is 5.92 Å². The summed E-state index contributed by atoms with van der Waals surface area (Å²) >= 11 is 0. The van der Waals surface area contributed by atoms with Gasteiger partial charge in [-0.25, -0.2) is 0 Å². The monoisotopic (exact) mass is 290 g/mol. The lowest BCUT2D eigenvalue weighted by molar-refractivity contribution is 0.177. The van der Waals surface area contributed by atoms with Gasteiger partial charge in [-0.1, -0.05) is 13.3 Å². The van der Waals surface area contributed by atoms with E-state index >= 15 is 0 Å². The molecule has 0 radical (unpaired) electrons. The Morgan fingerprint density at radius 2 is 2.00 bits per heavy atom. The van der Waals surface area contributed by atoms with E-state index in [9.17, 15) is 8.42 Å². The van der Waals surface area contributed by atoms with Crippen molar-refractivity contribution in [1.29, 1.82) is 0 Å². The zero-order valence-electron chi connectivity index (χ0n) is 11.8. The minimum absolute atomic E-state index is 0.0507. The molecule has 1 heterocycles. The van der Waals surface area contributed by atoms with Gasteiger partial charge in [0.25, 0.3) is 10.2 Å². The highest BCUT2D eigenvalue weighted by Crippen LogP contribution is 2.30. The molecule has 0 aromatic heterocycles. The molecular formula is C13H26N2O3S. The molecule has 1 atom stereocenters. The van der Waals surface area contributed by atoms with Gasteiger partial charge in [-0.2, -0.15) is 17.0 Å². The number of aliphatic hydroxyl groups is 1. The van der Waals surface area contributed by atoms with Gasteiger partial charge in [0.1, 0.15) is 0 Å². The fourth-order valence-electron chi connectivity index (χ4n) is 2.89. The van der Waals surface area contributed by atoms with Crippen molar-refractivity contribution in [1.82, 2.24) is 8.61 Å². The van der Waals surface area contributed by atoms with Crippen molar-refractivity contribution in [3.05, 3.63) is 0 Å². The van der Waals surface area contributed by atoms with E-state index in [1.165, 1.54) is 0 Å². The van der Waals surface area contributed by atoms with Crippen molar-refractivity contribution >= 4 is 10.2 Å². The van der Waals surface area contributed by atoms with Gasteiger partial charge in [0, 0.05) is 32.3 Å². The van der Waals surface area contributed by atoms with Crippen molar-refractivity contribution < 1.29 is 13.5 Å². The van der Waals surface area contributed by atoms with Gasteiger partial charge in [-0.05, 0) is 38.0 Å². The Bertz CT molecular complexity index is 381. The molecule has 6 heteroatoms. The first-order valence-corrected chi connectivity index (χ1v) is 8.83. The summed E-state index contributed by atoms with van der Waals surface area (Å²) in [5, 5.41) is 8.97. The van der Waals surface area contributed by atoms with Gasteiger partial charge < -0.3 is 5.11 Å². The summed E-state index contributed by atoms with van der Waals surface area (Å²) in [5.41, 5.74) is 0. The van der Waals surface area contributed by atoms with E-state index in [2.05, 4.69) is 6.92 Å². The Hall–Kier alpha value is -0.170. The van der Waals surface area contributed by atoms with Crippen molar-refractivity contribution in [3.8, 4) is 0 Å². The number of nitrogens with zero attached hydrogens (tertiary/aromatic N) is 2. The molecule has 1 aliphatic heterocycles. The number of hydrogen-bond donors (Lipinski definition) is 1. The number of hydrogen-bond acceptors (Lipinski definition) is 3. The van der Waals surface area contributed by atoms with Crippen LogP contribution in [0, 0.1) is 5.92 Å². The minimum atomic E-state index is -3.33. The third-order valence-electron chi connectivity index (χ3n) is 4.26. The van der Waals surface area contributed by atoms with Crippen LogP contribution in [0.5, 0.6) is 0 Å². The van der Waals surface area contributed by atoms with Crippen LogP contribution in [0.1, 0.15) is 45.4 Å². The van der Waals surface area contributed by atoms with Crippen LogP contribution in [0.15, 0.2) is 0 Å². The number of aliphatic hydroxyl groups excluding tert-OH is 1. The molecule has 19 heavy (non-hydrogen) atoms. The average molecular weight is 290 g/mol. The van der Waals surface area contributed by atoms with Crippen molar-refractivity contribution in [2.45, 2.75) is 51.5 Å². The Morgan fingerprint density at radius 1 is 1.26 bits per heavy atom. The maximum absolute atomic E-state index is 12.7. The highest BCUT2D eigenvalue weighted by Gasteiger charge is 2.38. The first kappa shape index (κ1) is 15.2. The van der Waals surface area contributed by atoms with Crippen molar-refractivity contribution in [2.75, 3.05) is 26.2 Å². The predicted molar refractivity (Wildman–Crippen MR) is 74.9 cm³/mol. The summed E-state index contributed by atoms with van der Waals surface area (Å²) in [6, 6.07) is 0.161. The molecule has 5 nitrogen and oxygen atoms in total. The smallest absolute Gasteiger partial charge is 0.282 e. The van der Waals surface area contributed by atoms with Crippen LogP contribution >= 0.6 is 0 Å². The van der Waals surface area contributed by atoms with E-state index in [4.69, 9.17) is 5.11 Å². The van der Waals surface area contributed by atoms with Gasteiger partial charge in [0.05, 0.1) is 0 Å². The Balaban J connectivity index is 2.08. The molecule has 2 rings (SSSR count). The molecule has 112 valence electrons. The zero-order valence-corrected chi connectivity index (χ0v) is 12.6. The van der Waals surface area contributed by atoms with Crippen LogP contribution in [0.2, 0.25) is 0 Å². The maximum Gasteiger partial charge on any atom is 0.282 e. The molecule has 1 N–H and O–H groups in total.